The Balaban J connectivity index is 0.000000193. The van der Waals surface area contributed by atoms with E-state index in [1.54, 1.807) is 177 Å². The van der Waals surface area contributed by atoms with Gasteiger partial charge in [-0.25, -0.2) is 42.5 Å². The quantitative estimate of drug-likeness (QED) is 0.0473. The fourth-order valence-electron chi connectivity index (χ4n) is 12.6. The van der Waals surface area contributed by atoms with Crippen molar-refractivity contribution in [2.24, 2.45) is 0 Å². The molecule has 36 heteroatoms. The van der Waals surface area contributed by atoms with Crippen molar-refractivity contribution in [3.05, 3.63) is 175 Å². The van der Waals surface area contributed by atoms with E-state index in [1.165, 1.54) is 51.1 Å². The van der Waals surface area contributed by atoms with E-state index in [0.717, 1.165) is 0 Å². The van der Waals surface area contributed by atoms with Crippen molar-refractivity contribution in [2.75, 3.05) is 154 Å². The average molecular weight is 1760 g/mol. The van der Waals surface area contributed by atoms with Gasteiger partial charge in [0, 0.05) is 151 Å². The highest BCUT2D eigenvalue weighted by molar-refractivity contribution is 6.31. The lowest BCUT2D eigenvalue weighted by atomic mass is 10.0. The van der Waals surface area contributed by atoms with Crippen LogP contribution < -0.4 is 44.9 Å². The first-order valence-corrected chi connectivity index (χ1v) is 41.3. The van der Waals surface area contributed by atoms with E-state index < -0.39 is 70.8 Å². The molecular formula is C87H105Cl3F3N15O15. The number of nitrogens with zero attached hydrogens (tertiary/aromatic N) is 12. The number of halogens is 6. The summed E-state index contributed by atoms with van der Waals surface area (Å²) < 4.78 is 92.8. The molecule has 0 aliphatic carbocycles. The second-order valence-corrected chi connectivity index (χ2v) is 33.5. The maximum Gasteiger partial charge on any atom is 0.410 e. The molecule has 0 bridgehead atoms. The van der Waals surface area contributed by atoms with Gasteiger partial charge in [0.2, 0.25) is 0 Å². The van der Waals surface area contributed by atoms with Gasteiger partial charge in [-0.1, -0.05) is 34.8 Å². The maximum absolute atomic E-state index is 14.1. The molecule has 3 N–H and O–H groups in total. The zero-order valence-electron chi connectivity index (χ0n) is 71.6. The number of morpholine rings is 3. The lowest BCUT2D eigenvalue weighted by molar-refractivity contribution is 0.0290. The van der Waals surface area contributed by atoms with E-state index in [9.17, 15) is 41.9 Å². The van der Waals surface area contributed by atoms with Crippen LogP contribution in [0, 0.1) is 17.5 Å². The van der Waals surface area contributed by atoms with Crippen molar-refractivity contribution in [1.82, 2.24) is 60.6 Å². The van der Waals surface area contributed by atoms with Gasteiger partial charge in [0.25, 0.3) is 17.7 Å². The molecule has 6 heterocycles. The second-order valence-electron chi connectivity index (χ2n) is 32.3. The summed E-state index contributed by atoms with van der Waals surface area (Å²) in [6.07, 6.45) is 1.76. The summed E-state index contributed by atoms with van der Waals surface area (Å²) in [6, 6.07) is 22.7. The summed E-state index contributed by atoms with van der Waals surface area (Å²) in [5.41, 5.74) is 4.24. The molecule has 123 heavy (non-hydrogen) atoms. The van der Waals surface area contributed by atoms with Gasteiger partial charge in [-0.15, -0.1) is 0 Å². The first-order valence-electron chi connectivity index (χ1n) is 40.2. The molecule has 9 aromatic rings. The van der Waals surface area contributed by atoms with Gasteiger partial charge in [0.15, 0.2) is 0 Å². The van der Waals surface area contributed by atoms with Crippen LogP contribution in [0.1, 0.15) is 149 Å². The number of rotatable bonds is 24. The summed E-state index contributed by atoms with van der Waals surface area (Å²) in [5.74, 6) is 0.0658. The third kappa shape index (κ3) is 27.2. The van der Waals surface area contributed by atoms with E-state index in [4.69, 9.17) is 92.4 Å². The Bertz CT molecular complexity index is 4740. The Kier molecular flexibility index (Phi) is 32.4. The second kappa shape index (κ2) is 42.3. The number of hydrogen-bond donors (Lipinski definition) is 3. The third-order valence-electron chi connectivity index (χ3n) is 19.0. The molecule has 0 spiro atoms. The molecule has 12 rings (SSSR count). The van der Waals surface area contributed by atoms with Crippen LogP contribution in [0.25, 0.3) is 33.1 Å². The van der Waals surface area contributed by atoms with Gasteiger partial charge in [0.05, 0.1) is 106 Å². The highest BCUT2D eigenvalue weighted by Crippen LogP contribution is 2.36. The normalized spacial score (nSPS) is 14.5. The zero-order chi connectivity index (χ0) is 89.2. The molecule has 6 amide bonds. The molecule has 3 atom stereocenters. The van der Waals surface area contributed by atoms with Crippen LogP contribution in [0.4, 0.5) is 45.0 Å². The van der Waals surface area contributed by atoms with Crippen LogP contribution in [-0.2, 0) is 28.4 Å². The minimum atomic E-state index is -0.616. The smallest absolute Gasteiger partial charge is 0.410 e. The molecule has 0 radical (unpaired) electrons. The van der Waals surface area contributed by atoms with Crippen LogP contribution in [0.15, 0.2) is 110 Å². The first-order chi connectivity index (χ1) is 58.2. The van der Waals surface area contributed by atoms with E-state index in [1.807, 2.05) is 0 Å². The Morgan fingerprint density at radius 2 is 0.650 bits per heavy atom. The standard InChI is InChI=1S/3C29H35ClFN5O5/c3*1-18(40-20-6-7-22(30)23(31)16-20)21-14-19(27(37)32-8-9-35(5)28(38)41-29(2,3)4)15-24-26(21)34-25(17-33-24)36-10-12-39-13-11-36/h3*6-7,14-18H,8-13H2,1-5H3,(H,32,37). The van der Waals surface area contributed by atoms with Crippen molar-refractivity contribution < 1.29 is 84.6 Å². The molecular weight excluding hydrogens is 1660 g/mol. The van der Waals surface area contributed by atoms with Gasteiger partial charge < -0.3 is 88.0 Å². The third-order valence-corrected chi connectivity index (χ3v) is 19.9. The SMILES string of the molecule is CC(Oc1ccc(Cl)c(F)c1)c1cc(C(=O)NCCN(C)C(=O)OC(C)(C)C)cc2ncc(N3CCOCC3)nc12.CC(Oc1ccc(Cl)c(F)c1)c1cc(C(=O)NCCN(C)C(=O)OC(C)(C)C)cc2ncc(N3CCOCC3)nc12.CC(Oc1ccc(Cl)c(F)c1)c1cc(C(=O)NCCN(C)C(=O)OC(C)(C)C)cc2ncc(N3CCOCC3)nc12. The van der Waals surface area contributed by atoms with Gasteiger partial charge in [-0.2, -0.15) is 0 Å². The van der Waals surface area contributed by atoms with Gasteiger partial charge in [-0.3, -0.25) is 29.3 Å². The number of anilines is 3. The Labute approximate surface area is 727 Å². The number of likely N-dealkylation sites (N-methyl/N-ethyl adjacent to an activating group) is 3. The number of nitrogens with one attached hydrogen (secondary N) is 3. The predicted molar refractivity (Wildman–Crippen MR) is 463 cm³/mol. The number of carbonyl (C=O) groups excluding carboxylic acids is 6. The Hall–Kier alpha value is -11.1. The number of carbonyl (C=O) groups is 6. The van der Waals surface area contributed by atoms with Gasteiger partial charge >= 0.3 is 18.3 Å². The number of hydrogen-bond acceptors (Lipinski definition) is 24. The van der Waals surface area contributed by atoms with Crippen LogP contribution in [-0.4, -0.2) is 237 Å². The molecule has 3 fully saturated rings. The predicted octanol–water partition coefficient (Wildman–Crippen LogP) is 15.0. The van der Waals surface area contributed by atoms with Crippen molar-refractivity contribution in [1.29, 1.82) is 0 Å². The molecule has 3 aliphatic heterocycles. The number of ether oxygens (including phenoxy) is 9. The zero-order valence-corrected chi connectivity index (χ0v) is 73.9. The van der Waals surface area contributed by atoms with E-state index in [2.05, 4.69) is 45.6 Å². The molecule has 3 aromatic heterocycles. The minimum Gasteiger partial charge on any atom is -0.486 e. The monoisotopic (exact) mass is 1760 g/mol. The highest BCUT2D eigenvalue weighted by atomic mass is 35.5. The molecule has 3 saturated heterocycles. The van der Waals surface area contributed by atoms with Crippen LogP contribution in [0.3, 0.4) is 0 Å². The van der Waals surface area contributed by atoms with Crippen LogP contribution in [0.5, 0.6) is 17.2 Å². The van der Waals surface area contributed by atoms with Crippen molar-refractivity contribution >= 4 is 121 Å². The number of fused-ring (bicyclic) bond motifs is 3. The molecule has 6 aromatic carbocycles. The average Bonchev–Trinajstić information content (AvgIpc) is 0.784. The van der Waals surface area contributed by atoms with Crippen molar-refractivity contribution in [3.63, 3.8) is 0 Å². The molecule has 660 valence electrons. The summed E-state index contributed by atoms with van der Waals surface area (Å²) in [6.45, 7) is 30.6. The van der Waals surface area contributed by atoms with E-state index in [-0.39, 0.29) is 89.3 Å². The lowest BCUT2D eigenvalue weighted by Gasteiger charge is -2.28. The maximum atomic E-state index is 14.1. The fourth-order valence-corrected chi connectivity index (χ4v) is 13.0. The summed E-state index contributed by atoms with van der Waals surface area (Å²) in [7, 11) is 4.82. The van der Waals surface area contributed by atoms with E-state index in [0.29, 0.717) is 163 Å². The Morgan fingerprint density at radius 1 is 0.407 bits per heavy atom. The van der Waals surface area contributed by atoms with Crippen LogP contribution >= 0.6 is 34.8 Å². The number of amides is 6. The minimum absolute atomic E-state index is 0.00699. The van der Waals surface area contributed by atoms with Crippen molar-refractivity contribution in [3.8, 4) is 17.2 Å². The summed E-state index contributed by atoms with van der Waals surface area (Å²) >= 11 is 17.5. The summed E-state index contributed by atoms with van der Waals surface area (Å²) in [4.78, 5) is 115. The van der Waals surface area contributed by atoms with Gasteiger partial charge in [-0.05, 0) is 156 Å². The number of benzene rings is 6. The topological polar surface area (TPSA) is 318 Å². The largest absolute Gasteiger partial charge is 0.486 e. The number of aromatic nitrogens is 6. The summed E-state index contributed by atoms with van der Waals surface area (Å²) in [5, 5.41) is 8.50. The van der Waals surface area contributed by atoms with Crippen LogP contribution in [0.2, 0.25) is 15.1 Å². The molecule has 3 aliphatic rings. The Morgan fingerprint density at radius 3 is 0.878 bits per heavy atom. The van der Waals surface area contributed by atoms with Gasteiger partial charge in [0.1, 0.15) is 87.3 Å². The van der Waals surface area contributed by atoms with E-state index >= 15 is 0 Å². The molecule has 30 nitrogen and oxygen atoms in total. The molecule has 3 unspecified atom stereocenters. The highest BCUT2D eigenvalue weighted by Gasteiger charge is 2.29. The lowest BCUT2D eigenvalue weighted by Crippen LogP contribution is -2.39. The fraction of sp³-hybridized carbons (Fsp3) is 0.448. The van der Waals surface area contributed by atoms with Crippen molar-refractivity contribution in [2.45, 2.75) is 118 Å². The first kappa shape index (κ1) is 94.2. The molecule has 0 saturated carbocycles.